The zero-order valence-corrected chi connectivity index (χ0v) is 11.0. The van der Waals surface area contributed by atoms with Crippen molar-refractivity contribution in [1.29, 1.82) is 0 Å². The van der Waals surface area contributed by atoms with Crippen LogP contribution >= 0.6 is 0 Å². The number of nitrogens with one attached hydrogen (secondary N) is 1. The Balaban J connectivity index is 1.84. The second-order valence-electron chi connectivity index (χ2n) is 5.39. The van der Waals surface area contributed by atoms with Crippen LogP contribution in [0.25, 0.3) is 0 Å². The van der Waals surface area contributed by atoms with Crippen LogP contribution in [0.1, 0.15) is 42.4 Å². The van der Waals surface area contributed by atoms with Gasteiger partial charge in [0.1, 0.15) is 0 Å². The number of anilines is 1. The minimum absolute atomic E-state index is 0.354. The second kappa shape index (κ2) is 4.37. The fourth-order valence-corrected chi connectivity index (χ4v) is 3.33. The van der Waals surface area contributed by atoms with Crippen molar-refractivity contribution in [1.82, 2.24) is 14.5 Å². The number of rotatable bonds is 1. The van der Waals surface area contributed by atoms with Crippen molar-refractivity contribution in [3.8, 4) is 0 Å². The summed E-state index contributed by atoms with van der Waals surface area (Å²) in [6.45, 7) is 0.983. The molecule has 2 aromatic heterocycles. The number of aromatic nitrogens is 3. The lowest BCUT2D eigenvalue weighted by atomic mass is 9.99. The lowest BCUT2D eigenvalue weighted by molar-refractivity contribution is 0.491. The third-order valence-corrected chi connectivity index (χ3v) is 4.21. The monoisotopic (exact) mass is 254 g/mol. The van der Waals surface area contributed by atoms with E-state index in [9.17, 15) is 0 Å². The van der Waals surface area contributed by atoms with Crippen molar-refractivity contribution in [2.45, 2.75) is 38.1 Å². The molecule has 2 aromatic rings. The molecule has 0 fully saturated rings. The van der Waals surface area contributed by atoms with E-state index in [1.807, 2.05) is 12.3 Å². The molecule has 1 unspecified atom stereocenters. The summed E-state index contributed by atoms with van der Waals surface area (Å²) < 4.78 is 2.40. The molecule has 4 nitrogen and oxygen atoms in total. The van der Waals surface area contributed by atoms with Crippen molar-refractivity contribution >= 4 is 5.95 Å². The van der Waals surface area contributed by atoms with E-state index in [0.29, 0.717) is 6.04 Å². The number of hydrogen-bond donors (Lipinski definition) is 1. The van der Waals surface area contributed by atoms with Crippen molar-refractivity contribution in [2.75, 3.05) is 11.9 Å². The van der Waals surface area contributed by atoms with Gasteiger partial charge in [-0.15, -0.1) is 0 Å². The van der Waals surface area contributed by atoms with Crippen LogP contribution in [-0.4, -0.2) is 21.1 Å². The summed E-state index contributed by atoms with van der Waals surface area (Å²) in [6, 6.07) is 6.55. The number of hydrogen-bond acceptors (Lipinski definition) is 3. The molecule has 0 amide bonds. The highest BCUT2D eigenvalue weighted by atomic mass is 15.3. The maximum Gasteiger partial charge on any atom is 0.203 e. The van der Waals surface area contributed by atoms with Gasteiger partial charge in [-0.05, 0) is 44.2 Å². The Hall–Kier alpha value is -1.84. The van der Waals surface area contributed by atoms with E-state index in [1.54, 1.807) is 0 Å². The molecule has 98 valence electrons. The molecule has 1 N–H and O–H groups in total. The van der Waals surface area contributed by atoms with Crippen molar-refractivity contribution in [2.24, 2.45) is 0 Å². The first-order chi connectivity index (χ1) is 9.43. The maximum atomic E-state index is 4.79. The molecule has 1 aliphatic carbocycles. The molecular weight excluding hydrogens is 236 g/mol. The van der Waals surface area contributed by atoms with Gasteiger partial charge in [0.15, 0.2) is 0 Å². The van der Waals surface area contributed by atoms with Gasteiger partial charge in [0.05, 0.1) is 17.4 Å². The molecule has 4 heteroatoms. The number of aryl methyl sites for hydroxylation is 1. The zero-order valence-electron chi connectivity index (χ0n) is 11.0. The van der Waals surface area contributed by atoms with E-state index in [-0.39, 0.29) is 0 Å². The first kappa shape index (κ1) is 11.0. The Morgan fingerprint density at radius 1 is 1.21 bits per heavy atom. The number of fused-ring (bicyclic) bond motifs is 3. The third-order valence-electron chi connectivity index (χ3n) is 4.21. The topological polar surface area (TPSA) is 42.7 Å². The van der Waals surface area contributed by atoms with Crippen LogP contribution in [0.3, 0.4) is 0 Å². The zero-order chi connectivity index (χ0) is 12.7. The van der Waals surface area contributed by atoms with Gasteiger partial charge in [-0.3, -0.25) is 4.98 Å². The van der Waals surface area contributed by atoms with Crippen LogP contribution in [0.4, 0.5) is 5.95 Å². The Morgan fingerprint density at radius 3 is 3.05 bits per heavy atom. The van der Waals surface area contributed by atoms with Crippen molar-refractivity contribution in [3.05, 3.63) is 41.5 Å². The summed E-state index contributed by atoms with van der Waals surface area (Å²) in [7, 11) is 0. The van der Waals surface area contributed by atoms with Gasteiger partial charge in [0.2, 0.25) is 5.95 Å². The quantitative estimate of drug-likeness (QED) is 0.850. The molecule has 4 rings (SSSR count). The average Bonchev–Trinajstić information content (AvgIpc) is 2.86. The standard InChI is InChI=1S/C15H18N4/c1-2-7-13-12(6-1)18-15-17-10-8-14(19(13)15)11-5-3-4-9-16-11/h3-5,9,14H,1-2,6-8,10H2,(H,17,18). The van der Waals surface area contributed by atoms with Crippen LogP contribution in [0.15, 0.2) is 24.4 Å². The first-order valence-electron chi connectivity index (χ1n) is 7.18. The highest BCUT2D eigenvalue weighted by Gasteiger charge is 2.29. The van der Waals surface area contributed by atoms with Crippen molar-refractivity contribution < 1.29 is 0 Å². The van der Waals surface area contributed by atoms with Crippen LogP contribution < -0.4 is 5.32 Å². The van der Waals surface area contributed by atoms with Gasteiger partial charge in [0, 0.05) is 18.4 Å². The lowest BCUT2D eigenvalue weighted by Gasteiger charge is -2.28. The summed E-state index contributed by atoms with van der Waals surface area (Å²) in [5.74, 6) is 1.05. The van der Waals surface area contributed by atoms with Gasteiger partial charge < -0.3 is 9.88 Å². The van der Waals surface area contributed by atoms with Gasteiger partial charge in [-0.1, -0.05) is 6.07 Å². The highest BCUT2D eigenvalue weighted by Crippen LogP contribution is 2.34. The normalized spacial score (nSPS) is 21.4. The van der Waals surface area contributed by atoms with E-state index in [0.717, 1.165) is 37.4 Å². The predicted molar refractivity (Wildman–Crippen MR) is 74.4 cm³/mol. The molecule has 0 spiro atoms. The number of pyridine rings is 1. The fraction of sp³-hybridized carbons (Fsp3) is 0.467. The summed E-state index contributed by atoms with van der Waals surface area (Å²) in [5.41, 5.74) is 3.90. The molecule has 19 heavy (non-hydrogen) atoms. The van der Waals surface area contributed by atoms with Crippen LogP contribution in [0.2, 0.25) is 0 Å². The molecule has 3 heterocycles. The summed E-state index contributed by atoms with van der Waals surface area (Å²) in [4.78, 5) is 9.34. The van der Waals surface area contributed by atoms with E-state index in [2.05, 4.69) is 27.0 Å². The largest absolute Gasteiger partial charge is 0.356 e. The van der Waals surface area contributed by atoms with E-state index >= 15 is 0 Å². The molecule has 2 aliphatic rings. The van der Waals surface area contributed by atoms with Crippen LogP contribution in [-0.2, 0) is 12.8 Å². The SMILES string of the molecule is c1ccc(C2CCNc3nc4c(n32)CCCC4)nc1. The van der Waals surface area contributed by atoms with Gasteiger partial charge in [0.25, 0.3) is 0 Å². The highest BCUT2D eigenvalue weighted by molar-refractivity contribution is 5.40. The molecule has 0 saturated heterocycles. The van der Waals surface area contributed by atoms with Gasteiger partial charge in [-0.2, -0.15) is 0 Å². The minimum Gasteiger partial charge on any atom is -0.356 e. The molecular formula is C15H18N4. The Morgan fingerprint density at radius 2 is 2.16 bits per heavy atom. The number of imidazole rings is 1. The third kappa shape index (κ3) is 1.74. The van der Waals surface area contributed by atoms with Crippen LogP contribution in [0, 0.1) is 0 Å². The number of nitrogens with zero attached hydrogens (tertiary/aromatic N) is 3. The van der Waals surface area contributed by atoms with E-state index < -0.39 is 0 Å². The Kier molecular flexibility index (Phi) is 2.53. The second-order valence-corrected chi connectivity index (χ2v) is 5.39. The summed E-state index contributed by atoms with van der Waals surface area (Å²) >= 11 is 0. The predicted octanol–water partition coefficient (Wildman–Crippen LogP) is 2.56. The Labute approximate surface area is 112 Å². The summed E-state index contributed by atoms with van der Waals surface area (Å²) in [6.07, 6.45) is 7.83. The van der Waals surface area contributed by atoms with Crippen LogP contribution in [0.5, 0.6) is 0 Å². The van der Waals surface area contributed by atoms with Crippen molar-refractivity contribution in [3.63, 3.8) is 0 Å². The molecule has 1 aliphatic heterocycles. The first-order valence-corrected chi connectivity index (χ1v) is 7.18. The molecule has 0 saturated carbocycles. The lowest BCUT2D eigenvalue weighted by Crippen LogP contribution is -2.26. The Bertz CT molecular complexity index is 588. The van der Waals surface area contributed by atoms with E-state index in [4.69, 9.17) is 4.98 Å². The van der Waals surface area contributed by atoms with E-state index in [1.165, 1.54) is 24.2 Å². The molecule has 0 radical (unpaired) electrons. The van der Waals surface area contributed by atoms with Gasteiger partial charge in [-0.25, -0.2) is 4.98 Å². The molecule has 0 bridgehead atoms. The smallest absolute Gasteiger partial charge is 0.203 e. The fourth-order valence-electron chi connectivity index (χ4n) is 3.33. The molecule has 1 atom stereocenters. The minimum atomic E-state index is 0.354. The van der Waals surface area contributed by atoms with Gasteiger partial charge >= 0.3 is 0 Å². The molecule has 0 aromatic carbocycles. The average molecular weight is 254 g/mol. The summed E-state index contributed by atoms with van der Waals surface area (Å²) in [5, 5.41) is 3.44. The maximum absolute atomic E-state index is 4.79.